The molecule has 2 aromatic heterocycles. The highest BCUT2D eigenvalue weighted by atomic mass is 16.2. The van der Waals surface area contributed by atoms with Gasteiger partial charge in [-0.1, -0.05) is 30.3 Å². The minimum absolute atomic E-state index is 0.141. The van der Waals surface area contributed by atoms with Gasteiger partial charge in [-0.15, -0.1) is 0 Å². The van der Waals surface area contributed by atoms with Crippen LogP contribution in [0.5, 0.6) is 0 Å². The lowest BCUT2D eigenvalue weighted by atomic mass is 9.91. The first kappa shape index (κ1) is 16.0. The van der Waals surface area contributed by atoms with Gasteiger partial charge < -0.3 is 5.32 Å². The summed E-state index contributed by atoms with van der Waals surface area (Å²) < 4.78 is 1.82. The molecule has 1 saturated heterocycles. The molecule has 0 saturated carbocycles. The van der Waals surface area contributed by atoms with Crippen LogP contribution in [0.3, 0.4) is 0 Å². The van der Waals surface area contributed by atoms with Gasteiger partial charge in [-0.05, 0) is 61.5 Å². The average Bonchev–Trinajstić information content (AvgIpc) is 3.07. The Morgan fingerprint density at radius 1 is 1.12 bits per heavy atom. The SMILES string of the molecule is O=C(CCc1ccccc1)n1cc(C2CCNCC2)c2ncccc21. The molecule has 0 aliphatic carbocycles. The van der Waals surface area contributed by atoms with Crippen molar-refractivity contribution in [3.63, 3.8) is 0 Å². The number of hydrogen-bond acceptors (Lipinski definition) is 3. The topological polar surface area (TPSA) is 46.9 Å². The number of fused-ring (bicyclic) bond motifs is 1. The van der Waals surface area contributed by atoms with Crippen LogP contribution in [0.2, 0.25) is 0 Å². The van der Waals surface area contributed by atoms with Crippen LogP contribution < -0.4 is 5.32 Å². The van der Waals surface area contributed by atoms with E-state index in [1.807, 2.05) is 47.3 Å². The second-order valence-corrected chi connectivity index (χ2v) is 6.73. The highest BCUT2D eigenvalue weighted by molar-refractivity contribution is 5.92. The molecular weight excluding hydrogens is 310 g/mol. The molecule has 0 radical (unpaired) electrons. The number of aryl methyl sites for hydroxylation is 1. The molecule has 128 valence electrons. The Labute approximate surface area is 147 Å². The van der Waals surface area contributed by atoms with Crippen molar-refractivity contribution in [2.24, 2.45) is 0 Å². The standard InChI is InChI=1S/C21H23N3O/c25-20(9-8-16-5-2-1-3-6-16)24-15-18(17-10-13-22-14-11-17)21-19(24)7-4-12-23-21/h1-7,12,15,17,22H,8-11,13-14H2. The number of carbonyl (C=O) groups excluding carboxylic acids is 1. The van der Waals surface area contributed by atoms with E-state index in [9.17, 15) is 4.79 Å². The lowest BCUT2D eigenvalue weighted by molar-refractivity contribution is 0.0908. The summed E-state index contributed by atoms with van der Waals surface area (Å²) in [6.07, 6.45) is 7.35. The van der Waals surface area contributed by atoms with Crippen LogP contribution in [0.1, 0.15) is 41.1 Å². The minimum Gasteiger partial charge on any atom is -0.317 e. The van der Waals surface area contributed by atoms with Gasteiger partial charge in [0.2, 0.25) is 5.91 Å². The van der Waals surface area contributed by atoms with Gasteiger partial charge in [-0.25, -0.2) is 0 Å². The number of carbonyl (C=O) groups is 1. The number of piperidine rings is 1. The summed E-state index contributed by atoms with van der Waals surface area (Å²) in [5.41, 5.74) is 4.35. The Bertz CT molecular complexity index is 863. The molecule has 1 aliphatic heterocycles. The number of aromatic nitrogens is 2. The smallest absolute Gasteiger partial charge is 0.231 e. The summed E-state index contributed by atoms with van der Waals surface area (Å²) in [6, 6.07) is 14.1. The molecule has 0 amide bonds. The molecule has 1 aromatic carbocycles. The zero-order valence-electron chi connectivity index (χ0n) is 14.3. The van der Waals surface area contributed by atoms with Crippen molar-refractivity contribution in [1.29, 1.82) is 0 Å². The molecule has 1 aliphatic rings. The molecule has 25 heavy (non-hydrogen) atoms. The lowest BCUT2D eigenvalue weighted by Crippen LogP contribution is -2.26. The van der Waals surface area contributed by atoms with Crippen molar-refractivity contribution >= 4 is 16.9 Å². The second-order valence-electron chi connectivity index (χ2n) is 6.73. The Kier molecular flexibility index (Phi) is 4.61. The van der Waals surface area contributed by atoms with Gasteiger partial charge in [0, 0.05) is 18.8 Å². The molecule has 3 aromatic rings. The van der Waals surface area contributed by atoms with E-state index in [1.165, 1.54) is 11.1 Å². The normalized spacial score (nSPS) is 15.5. The van der Waals surface area contributed by atoms with Crippen LogP contribution >= 0.6 is 0 Å². The van der Waals surface area contributed by atoms with Crippen LogP contribution in [0, 0.1) is 0 Å². The highest BCUT2D eigenvalue weighted by Gasteiger charge is 2.22. The lowest BCUT2D eigenvalue weighted by Gasteiger charge is -2.21. The maximum absolute atomic E-state index is 12.9. The molecule has 4 nitrogen and oxygen atoms in total. The maximum Gasteiger partial charge on any atom is 0.231 e. The van der Waals surface area contributed by atoms with E-state index >= 15 is 0 Å². The predicted octanol–water partition coefficient (Wildman–Crippen LogP) is 3.78. The van der Waals surface area contributed by atoms with Crippen molar-refractivity contribution in [3.8, 4) is 0 Å². The first-order valence-electron chi connectivity index (χ1n) is 9.07. The zero-order valence-corrected chi connectivity index (χ0v) is 14.3. The van der Waals surface area contributed by atoms with Crippen molar-refractivity contribution in [3.05, 3.63) is 66.0 Å². The Morgan fingerprint density at radius 2 is 1.92 bits per heavy atom. The number of hydrogen-bond donors (Lipinski definition) is 1. The van der Waals surface area contributed by atoms with Crippen LogP contribution in [0.4, 0.5) is 0 Å². The summed E-state index contributed by atoms with van der Waals surface area (Å²) in [5, 5.41) is 3.41. The van der Waals surface area contributed by atoms with Crippen molar-refractivity contribution in [2.45, 2.75) is 31.6 Å². The van der Waals surface area contributed by atoms with Crippen LogP contribution in [-0.4, -0.2) is 28.5 Å². The Balaban J connectivity index is 1.61. The van der Waals surface area contributed by atoms with E-state index in [1.54, 1.807) is 0 Å². The van der Waals surface area contributed by atoms with Crippen molar-refractivity contribution in [1.82, 2.24) is 14.9 Å². The fourth-order valence-corrected chi connectivity index (χ4v) is 3.74. The fourth-order valence-electron chi connectivity index (χ4n) is 3.74. The van der Waals surface area contributed by atoms with E-state index in [4.69, 9.17) is 0 Å². The van der Waals surface area contributed by atoms with E-state index in [2.05, 4.69) is 22.4 Å². The summed E-state index contributed by atoms with van der Waals surface area (Å²) in [6.45, 7) is 2.07. The Hall–Kier alpha value is -2.46. The average molecular weight is 333 g/mol. The van der Waals surface area contributed by atoms with Crippen LogP contribution in [0.25, 0.3) is 11.0 Å². The van der Waals surface area contributed by atoms with Gasteiger partial charge in [0.1, 0.15) is 0 Å². The summed E-state index contributed by atoms with van der Waals surface area (Å²) in [7, 11) is 0. The molecule has 0 spiro atoms. The molecular formula is C21H23N3O. The van der Waals surface area contributed by atoms with Gasteiger partial charge in [-0.3, -0.25) is 14.3 Å². The van der Waals surface area contributed by atoms with E-state index in [-0.39, 0.29) is 5.91 Å². The molecule has 0 atom stereocenters. The first-order valence-corrected chi connectivity index (χ1v) is 9.07. The maximum atomic E-state index is 12.9. The molecule has 1 fully saturated rings. The zero-order chi connectivity index (χ0) is 17.1. The molecule has 4 heteroatoms. The van der Waals surface area contributed by atoms with E-state index in [0.717, 1.165) is 43.4 Å². The Morgan fingerprint density at radius 3 is 2.72 bits per heavy atom. The minimum atomic E-state index is 0.141. The largest absolute Gasteiger partial charge is 0.317 e. The molecule has 0 bridgehead atoms. The van der Waals surface area contributed by atoms with Crippen molar-refractivity contribution in [2.75, 3.05) is 13.1 Å². The number of benzene rings is 1. The van der Waals surface area contributed by atoms with Crippen LogP contribution in [0.15, 0.2) is 54.9 Å². The third-order valence-corrected chi connectivity index (χ3v) is 5.11. The predicted molar refractivity (Wildman–Crippen MR) is 100.0 cm³/mol. The third kappa shape index (κ3) is 3.35. The number of pyridine rings is 1. The monoisotopic (exact) mass is 333 g/mol. The van der Waals surface area contributed by atoms with Gasteiger partial charge in [-0.2, -0.15) is 0 Å². The molecule has 4 rings (SSSR count). The van der Waals surface area contributed by atoms with Crippen LogP contribution in [-0.2, 0) is 6.42 Å². The number of nitrogens with one attached hydrogen (secondary N) is 1. The van der Waals surface area contributed by atoms with Gasteiger partial charge in [0.05, 0.1) is 11.0 Å². The summed E-state index contributed by atoms with van der Waals surface area (Å²) in [4.78, 5) is 17.4. The van der Waals surface area contributed by atoms with Gasteiger partial charge in [0.25, 0.3) is 0 Å². The number of rotatable bonds is 4. The molecule has 0 unspecified atom stereocenters. The fraction of sp³-hybridized carbons (Fsp3) is 0.333. The summed E-state index contributed by atoms with van der Waals surface area (Å²) >= 11 is 0. The first-order chi connectivity index (χ1) is 12.3. The summed E-state index contributed by atoms with van der Waals surface area (Å²) in [5.74, 6) is 0.629. The molecule has 3 heterocycles. The third-order valence-electron chi connectivity index (χ3n) is 5.11. The van der Waals surface area contributed by atoms with Gasteiger partial charge >= 0.3 is 0 Å². The van der Waals surface area contributed by atoms with E-state index < -0.39 is 0 Å². The molecule has 1 N–H and O–H groups in total. The second kappa shape index (κ2) is 7.19. The van der Waals surface area contributed by atoms with Crippen molar-refractivity contribution < 1.29 is 4.79 Å². The number of nitrogens with zero attached hydrogens (tertiary/aromatic N) is 2. The van der Waals surface area contributed by atoms with Gasteiger partial charge in [0.15, 0.2) is 0 Å². The quantitative estimate of drug-likeness (QED) is 0.790. The van der Waals surface area contributed by atoms with E-state index in [0.29, 0.717) is 12.3 Å². The highest BCUT2D eigenvalue weighted by Crippen LogP contribution is 2.32.